The van der Waals surface area contributed by atoms with Gasteiger partial charge in [0.15, 0.2) is 6.29 Å². The van der Waals surface area contributed by atoms with Gasteiger partial charge in [-0.05, 0) is 25.2 Å². The smallest absolute Gasteiger partial charge is 0.249 e. The maximum atomic E-state index is 13.0. The highest BCUT2D eigenvalue weighted by Crippen LogP contribution is 2.23. The number of carbonyl (C=O) groups excluding carboxylic acids is 1. The lowest BCUT2D eigenvalue weighted by molar-refractivity contribution is -0.302. The minimum atomic E-state index is -1.61. The van der Waals surface area contributed by atoms with Gasteiger partial charge < -0.3 is 45.4 Å². The molecule has 0 unspecified atom stereocenters. The number of hydrogen-bond acceptors (Lipinski definition) is 9. The highest BCUT2D eigenvalue weighted by Gasteiger charge is 2.44. The van der Waals surface area contributed by atoms with Crippen molar-refractivity contribution in [1.82, 2.24) is 5.32 Å². The van der Waals surface area contributed by atoms with Crippen molar-refractivity contribution in [3.8, 4) is 0 Å². The van der Waals surface area contributed by atoms with Crippen LogP contribution in [0.4, 0.5) is 0 Å². The summed E-state index contributed by atoms with van der Waals surface area (Å²) in [5.41, 5.74) is 0. The number of rotatable bonds is 38. The van der Waals surface area contributed by atoms with Gasteiger partial charge in [0.25, 0.3) is 0 Å². The predicted octanol–water partition coefficient (Wildman–Crippen LogP) is 8.55. The fraction of sp³-hybridized carbons (Fsp3) is 0.935. The molecule has 1 rings (SSSR count). The molecule has 1 aliphatic rings. The minimum Gasteiger partial charge on any atom is -0.394 e. The zero-order chi connectivity index (χ0) is 41.2. The second-order valence-electron chi connectivity index (χ2n) is 17.2. The summed E-state index contributed by atoms with van der Waals surface area (Å²) in [6.07, 6.45) is 28.8. The van der Waals surface area contributed by atoms with Crippen LogP contribution in [-0.2, 0) is 14.3 Å². The topological polar surface area (TPSA) is 169 Å². The fourth-order valence-electron chi connectivity index (χ4n) is 7.52. The highest BCUT2D eigenvalue weighted by atomic mass is 16.7. The van der Waals surface area contributed by atoms with Gasteiger partial charge in [-0.3, -0.25) is 4.79 Å². The van der Waals surface area contributed by atoms with E-state index in [2.05, 4.69) is 26.1 Å². The monoisotopic (exact) mass is 800 g/mol. The van der Waals surface area contributed by atoms with Crippen molar-refractivity contribution in [2.24, 2.45) is 5.92 Å². The summed E-state index contributed by atoms with van der Waals surface area (Å²) < 4.78 is 11.1. The Labute approximate surface area is 342 Å². The molecule has 1 fully saturated rings. The van der Waals surface area contributed by atoms with E-state index in [0.717, 1.165) is 50.9 Å². The SMILES string of the molecule is CCCCCCCCCCCCCCCCCCCC[C@@H](O)C(=O)N[C@@H](CO[C@@H]1O[C@H](CO)[C@@H](O)[C@H](O)[C@H]1O)[C@H](O)/C=C/CCCCCCCCCCC(C)C. The Morgan fingerprint density at radius 1 is 0.643 bits per heavy atom. The molecule has 1 heterocycles. The maximum absolute atomic E-state index is 13.0. The zero-order valence-corrected chi connectivity index (χ0v) is 36.2. The molecular formula is C46H89NO9. The van der Waals surface area contributed by atoms with Gasteiger partial charge in [0.05, 0.1) is 25.4 Å². The van der Waals surface area contributed by atoms with Crippen LogP contribution in [0.25, 0.3) is 0 Å². The van der Waals surface area contributed by atoms with Gasteiger partial charge in [0.1, 0.15) is 30.5 Å². The van der Waals surface area contributed by atoms with E-state index >= 15 is 0 Å². The molecule has 0 aliphatic carbocycles. The Balaban J connectivity index is 2.38. The molecular weight excluding hydrogens is 711 g/mol. The first-order valence-electron chi connectivity index (χ1n) is 23.4. The van der Waals surface area contributed by atoms with Crippen LogP contribution < -0.4 is 5.32 Å². The molecule has 1 saturated heterocycles. The fourth-order valence-corrected chi connectivity index (χ4v) is 7.52. The normalized spacial score (nSPS) is 21.9. The van der Waals surface area contributed by atoms with Crippen LogP contribution in [-0.4, -0.2) is 98.7 Å². The summed E-state index contributed by atoms with van der Waals surface area (Å²) in [5.74, 6) is 0.166. The molecule has 0 aromatic heterocycles. The number of amides is 1. The third kappa shape index (κ3) is 26.8. The van der Waals surface area contributed by atoms with E-state index in [1.807, 2.05) is 6.08 Å². The summed E-state index contributed by atoms with van der Waals surface area (Å²) >= 11 is 0. The average Bonchev–Trinajstić information content (AvgIpc) is 3.18. The summed E-state index contributed by atoms with van der Waals surface area (Å²) in [6.45, 7) is 5.92. The van der Waals surface area contributed by atoms with Crippen molar-refractivity contribution >= 4 is 5.91 Å². The summed E-state index contributed by atoms with van der Waals surface area (Å²) in [4.78, 5) is 13.0. The van der Waals surface area contributed by atoms with Crippen molar-refractivity contribution in [2.75, 3.05) is 13.2 Å². The van der Waals surface area contributed by atoms with Crippen molar-refractivity contribution in [2.45, 2.75) is 256 Å². The molecule has 0 bridgehead atoms. The van der Waals surface area contributed by atoms with Gasteiger partial charge in [-0.2, -0.15) is 0 Å². The molecule has 0 aromatic carbocycles. The van der Waals surface area contributed by atoms with Crippen LogP contribution >= 0.6 is 0 Å². The Kier molecular flexibility index (Phi) is 33.8. The van der Waals surface area contributed by atoms with Crippen molar-refractivity contribution in [3.63, 3.8) is 0 Å². The molecule has 8 atom stereocenters. The Hall–Kier alpha value is -1.11. The third-order valence-electron chi connectivity index (χ3n) is 11.4. The van der Waals surface area contributed by atoms with Gasteiger partial charge in [-0.1, -0.05) is 200 Å². The second-order valence-corrected chi connectivity index (χ2v) is 17.2. The lowest BCUT2D eigenvalue weighted by Crippen LogP contribution is -2.60. The predicted molar refractivity (Wildman–Crippen MR) is 227 cm³/mol. The van der Waals surface area contributed by atoms with Gasteiger partial charge in [0.2, 0.25) is 5.91 Å². The summed E-state index contributed by atoms with van der Waals surface area (Å²) in [7, 11) is 0. The molecule has 56 heavy (non-hydrogen) atoms. The highest BCUT2D eigenvalue weighted by molar-refractivity contribution is 5.80. The minimum absolute atomic E-state index is 0.303. The van der Waals surface area contributed by atoms with E-state index in [1.165, 1.54) is 135 Å². The van der Waals surface area contributed by atoms with E-state index in [4.69, 9.17) is 9.47 Å². The van der Waals surface area contributed by atoms with Crippen LogP contribution in [0.1, 0.15) is 207 Å². The largest absolute Gasteiger partial charge is 0.394 e. The molecule has 0 aromatic rings. The molecule has 1 aliphatic heterocycles. The summed E-state index contributed by atoms with van der Waals surface area (Å²) in [6, 6.07) is -0.975. The number of allylic oxidation sites excluding steroid dienone is 1. The van der Waals surface area contributed by atoms with Crippen LogP contribution in [0.3, 0.4) is 0 Å². The number of ether oxygens (including phenoxy) is 2. The maximum Gasteiger partial charge on any atom is 0.249 e. The number of nitrogens with one attached hydrogen (secondary N) is 1. The first-order valence-corrected chi connectivity index (χ1v) is 23.4. The standard InChI is InChI=1S/C46H89NO9/c1-4-5-6-7-8-9-10-11-12-13-14-15-16-17-22-25-28-31-34-40(50)45(54)47-38(36-55-46-44(53)43(52)42(51)41(35-48)56-46)39(49)33-30-27-24-21-19-18-20-23-26-29-32-37(2)3/h30,33,37-44,46,48-53H,4-29,31-32,34-36H2,1-3H3,(H,47,54)/b33-30+/t38-,39+,40+,41+,42+,43-,44+,46+/m0/s1. The van der Waals surface area contributed by atoms with Crippen LogP contribution in [0.2, 0.25) is 0 Å². The Morgan fingerprint density at radius 2 is 1.09 bits per heavy atom. The van der Waals surface area contributed by atoms with Crippen LogP contribution in [0.15, 0.2) is 12.2 Å². The lowest BCUT2D eigenvalue weighted by atomic mass is 9.99. The van der Waals surface area contributed by atoms with Gasteiger partial charge in [0, 0.05) is 0 Å². The number of carbonyl (C=O) groups is 1. The van der Waals surface area contributed by atoms with Crippen molar-refractivity contribution < 1.29 is 44.9 Å². The van der Waals surface area contributed by atoms with E-state index < -0.39 is 61.5 Å². The average molecular weight is 800 g/mol. The molecule has 0 radical (unpaired) electrons. The number of aliphatic hydroxyl groups excluding tert-OH is 6. The van der Waals surface area contributed by atoms with Gasteiger partial charge >= 0.3 is 0 Å². The van der Waals surface area contributed by atoms with Crippen molar-refractivity contribution in [1.29, 1.82) is 0 Å². The first-order chi connectivity index (χ1) is 27.1. The number of hydrogen-bond donors (Lipinski definition) is 7. The molecule has 7 N–H and O–H groups in total. The quantitative estimate of drug-likeness (QED) is 0.0239. The summed E-state index contributed by atoms with van der Waals surface area (Å²) in [5, 5.41) is 64.6. The van der Waals surface area contributed by atoms with E-state index in [1.54, 1.807) is 6.08 Å². The van der Waals surface area contributed by atoms with E-state index in [0.29, 0.717) is 6.42 Å². The van der Waals surface area contributed by atoms with Gasteiger partial charge in [-0.25, -0.2) is 0 Å². The van der Waals surface area contributed by atoms with E-state index in [9.17, 15) is 35.4 Å². The molecule has 10 heteroatoms. The first kappa shape index (κ1) is 52.9. The molecule has 0 spiro atoms. The van der Waals surface area contributed by atoms with Crippen molar-refractivity contribution in [3.05, 3.63) is 12.2 Å². The van der Waals surface area contributed by atoms with Crippen LogP contribution in [0.5, 0.6) is 0 Å². The number of aliphatic hydroxyl groups is 6. The second kappa shape index (κ2) is 35.8. The third-order valence-corrected chi connectivity index (χ3v) is 11.4. The molecule has 1 amide bonds. The molecule has 0 saturated carbocycles. The van der Waals surface area contributed by atoms with Crippen LogP contribution in [0, 0.1) is 5.92 Å². The Morgan fingerprint density at radius 3 is 1.55 bits per heavy atom. The molecule has 332 valence electrons. The molecule has 10 nitrogen and oxygen atoms in total. The zero-order valence-electron chi connectivity index (χ0n) is 36.2. The lowest BCUT2D eigenvalue weighted by Gasteiger charge is -2.40. The Bertz CT molecular complexity index is 919. The van der Waals surface area contributed by atoms with E-state index in [-0.39, 0.29) is 6.61 Å². The number of unbranched alkanes of at least 4 members (excludes halogenated alkanes) is 25. The van der Waals surface area contributed by atoms with Gasteiger partial charge in [-0.15, -0.1) is 0 Å².